The lowest BCUT2D eigenvalue weighted by atomic mass is 10.1. The van der Waals surface area contributed by atoms with Crippen LogP contribution in [0.3, 0.4) is 0 Å². The molecule has 76 valence electrons. The van der Waals surface area contributed by atoms with Crippen molar-refractivity contribution in [1.82, 2.24) is 4.98 Å². The fourth-order valence-corrected chi connectivity index (χ4v) is 1.39. The van der Waals surface area contributed by atoms with Crippen molar-refractivity contribution in [2.75, 3.05) is 0 Å². The van der Waals surface area contributed by atoms with E-state index in [1.165, 1.54) is 0 Å². The monoisotopic (exact) mass is 201 g/mol. The van der Waals surface area contributed by atoms with Gasteiger partial charge in [-0.05, 0) is 11.6 Å². The van der Waals surface area contributed by atoms with Crippen LogP contribution in [0.15, 0.2) is 42.6 Å². The van der Waals surface area contributed by atoms with Crippen LogP contribution in [0.25, 0.3) is 11.1 Å². The maximum atomic E-state index is 9.53. The average molecular weight is 201 g/mol. The molecule has 0 bridgehead atoms. The zero-order valence-corrected chi connectivity index (χ0v) is 8.09. The van der Waals surface area contributed by atoms with Gasteiger partial charge in [0.1, 0.15) is 11.4 Å². The van der Waals surface area contributed by atoms with Gasteiger partial charge in [-0.15, -0.1) is 0 Å². The summed E-state index contributed by atoms with van der Waals surface area (Å²) in [5.41, 5.74) is 2.13. The Morgan fingerprint density at radius 1 is 1.07 bits per heavy atom. The van der Waals surface area contributed by atoms with Crippen LogP contribution in [-0.4, -0.2) is 15.2 Å². The van der Waals surface area contributed by atoms with E-state index in [1.54, 1.807) is 12.3 Å². The standard InChI is InChI=1S/C12H11NO2/c14-8-11-12(15)6-10(7-13-11)9-4-2-1-3-5-9/h1-7,14-15H,8H2. The van der Waals surface area contributed by atoms with Crippen LogP contribution in [0, 0.1) is 0 Å². The van der Waals surface area contributed by atoms with Crippen LogP contribution >= 0.6 is 0 Å². The van der Waals surface area contributed by atoms with Crippen molar-refractivity contribution < 1.29 is 10.2 Å². The first-order valence-electron chi connectivity index (χ1n) is 4.65. The number of nitrogens with zero attached hydrogens (tertiary/aromatic N) is 1. The summed E-state index contributed by atoms with van der Waals surface area (Å²) in [6, 6.07) is 11.3. The predicted octanol–water partition coefficient (Wildman–Crippen LogP) is 1.95. The summed E-state index contributed by atoms with van der Waals surface area (Å²) in [5.74, 6) is 0.0267. The van der Waals surface area contributed by atoms with Gasteiger partial charge < -0.3 is 10.2 Å². The highest BCUT2D eigenvalue weighted by atomic mass is 16.3. The van der Waals surface area contributed by atoms with Crippen LogP contribution in [0.2, 0.25) is 0 Å². The van der Waals surface area contributed by atoms with Crippen LogP contribution < -0.4 is 0 Å². The molecular weight excluding hydrogens is 190 g/mol. The molecule has 0 saturated heterocycles. The minimum atomic E-state index is -0.249. The summed E-state index contributed by atoms with van der Waals surface area (Å²) in [5, 5.41) is 18.4. The molecule has 0 radical (unpaired) electrons. The van der Waals surface area contributed by atoms with Gasteiger partial charge in [0.25, 0.3) is 0 Å². The molecule has 2 N–H and O–H groups in total. The largest absolute Gasteiger partial charge is 0.506 e. The van der Waals surface area contributed by atoms with E-state index in [2.05, 4.69) is 4.98 Å². The Morgan fingerprint density at radius 2 is 1.80 bits per heavy atom. The topological polar surface area (TPSA) is 53.4 Å². The van der Waals surface area contributed by atoms with Crippen molar-refractivity contribution in [1.29, 1.82) is 0 Å². The summed E-state index contributed by atoms with van der Waals surface area (Å²) in [7, 11) is 0. The van der Waals surface area contributed by atoms with Crippen molar-refractivity contribution in [3.8, 4) is 16.9 Å². The highest BCUT2D eigenvalue weighted by Crippen LogP contribution is 2.24. The Hall–Kier alpha value is -1.87. The van der Waals surface area contributed by atoms with Gasteiger partial charge in [0, 0.05) is 11.8 Å². The van der Waals surface area contributed by atoms with Crippen molar-refractivity contribution in [3.05, 3.63) is 48.3 Å². The zero-order chi connectivity index (χ0) is 10.7. The Bertz CT molecular complexity index is 454. The molecule has 3 nitrogen and oxygen atoms in total. The third kappa shape index (κ3) is 1.97. The smallest absolute Gasteiger partial charge is 0.140 e. The van der Waals surface area contributed by atoms with Crippen LogP contribution in [-0.2, 0) is 6.61 Å². The molecule has 0 spiro atoms. The lowest BCUT2D eigenvalue weighted by Crippen LogP contribution is -1.90. The van der Waals surface area contributed by atoms with Gasteiger partial charge in [-0.1, -0.05) is 30.3 Å². The minimum Gasteiger partial charge on any atom is -0.506 e. The molecule has 0 unspecified atom stereocenters. The van der Waals surface area contributed by atoms with E-state index in [9.17, 15) is 5.11 Å². The summed E-state index contributed by atoms with van der Waals surface area (Å²) >= 11 is 0. The van der Waals surface area contributed by atoms with E-state index in [-0.39, 0.29) is 12.4 Å². The predicted molar refractivity (Wildman–Crippen MR) is 57.3 cm³/mol. The highest BCUT2D eigenvalue weighted by Gasteiger charge is 2.04. The second-order valence-electron chi connectivity index (χ2n) is 3.21. The molecule has 3 heteroatoms. The van der Waals surface area contributed by atoms with Gasteiger partial charge >= 0.3 is 0 Å². The summed E-state index contributed by atoms with van der Waals surface area (Å²) in [6.07, 6.45) is 1.64. The van der Waals surface area contributed by atoms with Gasteiger partial charge in [0.15, 0.2) is 0 Å². The molecule has 0 aliphatic carbocycles. The van der Waals surface area contributed by atoms with Gasteiger partial charge in [-0.2, -0.15) is 0 Å². The van der Waals surface area contributed by atoms with Crippen LogP contribution in [0.4, 0.5) is 0 Å². The first kappa shape index (κ1) is 9.68. The Morgan fingerprint density at radius 3 is 2.40 bits per heavy atom. The SMILES string of the molecule is OCc1ncc(-c2ccccc2)cc1O. The fourth-order valence-electron chi connectivity index (χ4n) is 1.39. The van der Waals surface area contributed by atoms with Gasteiger partial charge in [0.05, 0.1) is 6.61 Å². The van der Waals surface area contributed by atoms with E-state index in [4.69, 9.17) is 5.11 Å². The fraction of sp³-hybridized carbons (Fsp3) is 0.0833. The number of rotatable bonds is 2. The molecular formula is C12H11NO2. The minimum absolute atomic E-state index is 0.0267. The van der Waals surface area contributed by atoms with Crippen molar-refractivity contribution >= 4 is 0 Å². The number of aliphatic hydroxyl groups is 1. The van der Waals surface area contributed by atoms with Gasteiger partial charge in [-0.25, -0.2) is 0 Å². The first-order valence-corrected chi connectivity index (χ1v) is 4.65. The van der Waals surface area contributed by atoms with E-state index in [0.717, 1.165) is 11.1 Å². The van der Waals surface area contributed by atoms with E-state index < -0.39 is 0 Å². The second-order valence-corrected chi connectivity index (χ2v) is 3.21. The quantitative estimate of drug-likeness (QED) is 0.780. The molecule has 2 aromatic rings. The summed E-state index contributed by atoms with van der Waals surface area (Å²) < 4.78 is 0. The number of hydrogen-bond donors (Lipinski definition) is 2. The summed E-state index contributed by atoms with van der Waals surface area (Å²) in [6.45, 7) is -0.249. The van der Waals surface area contributed by atoms with Crippen molar-refractivity contribution in [3.63, 3.8) is 0 Å². The first-order chi connectivity index (χ1) is 7.31. The maximum absolute atomic E-state index is 9.53. The van der Waals surface area contributed by atoms with Crippen molar-refractivity contribution in [2.24, 2.45) is 0 Å². The molecule has 0 amide bonds. The normalized spacial score (nSPS) is 10.2. The van der Waals surface area contributed by atoms with Crippen LogP contribution in [0.1, 0.15) is 5.69 Å². The molecule has 2 rings (SSSR count). The molecule has 15 heavy (non-hydrogen) atoms. The number of aliphatic hydroxyl groups excluding tert-OH is 1. The van der Waals surface area contributed by atoms with Crippen molar-refractivity contribution in [2.45, 2.75) is 6.61 Å². The van der Waals surface area contributed by atoms with Crippen LogP contribution in [0.5, 0.6) is 5.75 Å². The average Bonchev–Trinajstić information content (AvgIpc) is 2.30. The van der Waals surface area contributed by atoms with E-state index >= 15 is 0 Å². The third-order valence-corrected chi connectivity index (χ3v) is 2.20. The van der Waals surface area contributed by atoms with Gasteiger partial charge in [-0.3, -0.25) is 4.98 Å². The molecule has 0 aliphatic rings. The molecule has 0 fully saturated rings. The molecule has 0 atom stereocenters. The molecule has 0 saturated carbocycles. The Kier molecular flexibility index (Phi) is 2.65. The number of aromatic hydroxyl groups is 1. The lowest BCUT2D eigenvalue weighted by Gasteiger charge is -2.04. The number of pyridine rings is 1. The van der Waals surface area contributed by atoms with Gasteiger partial charge in [0.2, 0.25) is 0 Å². The molecule has 1 heterocycles. The number of aromatic nitrogens is 1. The Balaban J connectivity index is 2.43. The van der Waals surface area contributed by atoms with E-state index in [0.29, 0.717) is 5.69 Å². The Labute approximate surface area is 87.7 Å². The third-order valence-electron chi connectivity index (χ3n) is 2.20. The summed E-state index contributed by atoms with van der Waals surface area (Å²) in [4.78, 5) is 3.97. The number of hydrogen-bond acceptors (Lipinski definition) is 3. The molecule has 0 aliphatic heterocycles. The molecule has 1 aromatic heterocycles. The second kappa shape index (κ2) is 4.11. The molecule has 1 aromatic carbocycles. The lowest BCUT2D eigenvalue weighted by molar-refractivity contribution is 0.270. The highest BCUT2D eigenvalue weighted by molar-refractivity contribution is 5.64. The zero-order valence-electron chi connectivity index (χ0n) is 8.09. The number of benzene rings is 1. The van der Waals surface area contributed by atoms with E-state index in [1.807, 2.05) is 30.3 Å². The maximum Gasteiger partial charge on any atom is 0.140 e.